The zero-order valence-electron chi connectivity index (χ0n) is 11.5. The molecule has 1 N–H and O–H groups in total. The summed E-state index contributed by atoms with van der Waals surface area (Å²) in [5.74, 6) is -0.201. The lowest BCUT2D eigenvalue weighted by molar-refractivity contribution is -0.120. The van der Waals surface area contributed by atoms with Crippen LogP contribution in [0.25, 0.3) is 10.6 Å². The van der Waals surface area contributed by atoms with E-state index < -0.39 is 0 Å². The summed E-state index contributed by atoms with van der Waals surface area (Å²) in [5.41, 5.74) is 0.672. The molecule has 6 heteroatoms. The fourth-order valence-corrected chi connectivity index (χ4v) is 3.33. The number of amides is 1. The van der Waals surface area contributed by atoms with Crippen molar-refractivity contribution in [2.75, 3.05) is 5.32 Å². The first-order valence-electron chi connectivity index (χ1n) is 7.13. The number of anilines is 1. The van der Waals surface area contributed by atoms with Crippen molar-refractivity contribution >= 4 is 22.4 Å². The van der Waals surface area contributed by atoms with Gasteiger partial charge < -0.3 is 5.32 Å². The molecule has 0 spiro atoms. The van der Waals surface area contributed by atoms with Crippen molar-refractivity contribution in [3.05, 3.63) is 30.1 Å². The maximum absolute atomic E-state index is 13.2. The van der Waals surface area contributed by atoms with Gasteiger partial charge in [-0.2, -0.15) is 0 Å². The van der Waals surface area contributed by atoms with Crippen LogP contribution >= 0.6 is 11.3 Å². The largest absolute Gasteiger partial charge is 0.300 e. The quantitative estimate of drug-likeness (QED) is 0.936. The second-order valence-corrected chi connectivity index (χ2v) is 6.22. The Morgan fingerprint density at radius 3 is 2.81 bits per heavy atom. The molecule has 21 heavy (non-hydrogen) atoms. The van der Waals surface area contributed by atoms with E-state index in [0.717, 1.165) is 25.7 Å². The fourth-order valence-electron chi connectivity index (χ4n) is 2.58. The lowest BCUT2D eigenvalue weighted by Gasteiger charge is -2.19. The van der Waals surface area contributed by atoms with Crippen LogP contribution in [0, 0.1) is 11.7 Å². The molecule has 0 radical (unpaired) electrons. The van der Waals surface area contributed by atoms with Gasteiger partial charge >= 0.3 is 0 Å². The van der Waals surface area contributed by atoms with Crippen LogP contribution in [0.5, 0.6) is 0 Å². The number of aromatic nitrogens is 2. The third kappa shape index (κ3) is 3.44. The fraction of sp³-hybridized carbons (Fsp3) is 0.400. The average Bonchev–Trinajstić information content (AvgIpc) is 2.97. The molecule has 4 nitrogen and oxygen atoms in total. The van der Waals surface area contributed by atoms with Gasteiger partial charge in [0.1, 0.15) is 10.8 Å². The summed E-state index contributed by atoms with van der Waals surface area (Å²) in [4.78, 5) is 12.1. The van der Waals surface area contributed by atoms with Gasteiger partial charge in [0, 0.05) is 11.5 Å². The van der Waals surface area contributed by atoms with Crippen LogP contribution in [-0.4, -0.2) is 16.1 Å². The number of nitrogens with zero attached hydrogens (tertiary/aromatic N) is 2. The molecule has 0 unspecified atom stereocenters. The maximum Gasteiger partial charge on any atom is 0.229 e. The lowest BCUT2D eigenvalue weighted by Crippen LogP contribution is -2.24. The first-order chi connectivity index (χ1) is 10.2. The van der Waals surface area contributed by atoms with E-state index in [9.17, 15) is 9.18 Å². The standard InChI is InChI=1S/C15H16FN3OS/c16-12-8-4-7-11(9-12)14-18-19-15(21-14)17-13(20)10-5-2-1-3-6-10/h4,7-10H,1-3,5-6H2,(H,17,19,20). The van der Waals surface area contributed by atoms with E-state index in [2.05, 4.69) is 15.5 Å². The number of hydrogen-bond donors (Lipinski definition) is 1. The minimum Gasteiger partial charge on any atom is -0.300 e. The first kappa shape index (κ1) is 14.1. The summed E-state index contributed by atoms with van der Waals surface area (Å²) in [6, 6.07) is 6.20. The summed E-state index contributed by atoms with van der Waals surface area (Å²) < 4.78 is 13.2. The number of carbonyl (C=O) groups is 1. The molecule has 0 atom stereocenters. The van der Waals surface area contributed by atoms with E-state index in [1.54, 1.807) is 12.1 Å². The van der Waals surface area contributed by atoms with Gasteiger partial charge in [-0.05, 0) is 25.0 Å². The van der Waals surface area contributed by atoms with Gasteiger partial charge in [0.05, 0.1) is 0 Å². The molecule has 1 amide bonds. The average molecular weight is 305 g/mol. The van der Waals surface area contributed by atoms with Crippen molar-refractivity contribution in [2.45, 2.75) is 32.1 Å². The number of carbonyl (C=O) groups excluding carboxylic acids is 1. The molecule has 1 fully saturated rings. The summed E-state index contributed by atoms with van der Waals surface area (Å²) in [6.45, 7) is 0. The molecule has 1 heterocycles. The number of nitrogens with one attached hydrogen (secondary N) is 1. The summed E-state index contributed by atoms with van der Waals surface area (Å²) in [7, 11) is 0. The molecule has 3 rings (SSSR count). The van der Waals surface area contributed by atoms with Crippen LogP contribution in [0.4, 0.5) is 9.52 Å². The Morgan fingerprint density at radius 1 is 1.24 bits per heavy atom. The molecule has 0 aliphatic heterocycles. The molecule has 0 saturated heterocycles. The number of halogens is 1. The van der Waals surface area contributed by atoms with Crippen molar-refractivity contribution in [3.8, 4) is 10.6 Å². The Labute approximate surface area is 126 Å². The summed E-state index contributed by atoms with van der Waals surface area (Å²) >= 11 is 1.27. The predicted molar refractivity (Wildman–Crippen MR) is 80.5 cm³/mol. The lowest BCUT2D eigenvalue weighted by atomic mass is 9.89. The van der Waals surface area contributed by atoms with E-state index in [4.69, 9.17) is 0 Å². The maximum atomic E-state index is 13.2. The molecule has 1 aromatic heterocycles. The topological polar surface area (TPSA) is 54.9 Å². The second kappa shape index (κ2) is 6.30. The van der Waals surface area contributed by atoms with Gasteiger partial charge in [-0.3, -0.25) is 4.79 Å². The Kier molecular flexibility index (Phi) is 4.24. The zero-order valence-corrected chi connectivity index (χ0v) is 12.3. The van der Waals surface area contributed by atoms with E-state index >= 15 is 0 Å². The van der Waals surface area contributed by atoms with Crippen molar-refractivity contribution in [3.63, 3.8) is 0 Å². The van der Waals surface area contributed by atoms with Crippen LogP contribution in [0.1, 0.15) is 32.1 Å². The predicted octanol–water partition coefficient (Wildman–Crippen LogP) is 3.86. The molecule has 0 bridgehead atoms. The molecule has 2 aromatic rings. The molecule has 1 aliphatic carbocycles. The van der Waals surface area contributed by atoms with Gasteiger partial charge in [0.15, 0.2) is 0 Å². The van der Waals surface area contributed by atoms with Gasteiger partial charge in [0.25, 0.3) is 0 Å². The Bertz CT molecular complexity index is 637. The first-order valence-corrected chi connectivity index (χ1v) is 7.94. The Balaban J connectivity index is 1.69. The minimum absolute atomic E-state index is 0.0247. The molecular formula is C15H16FN3OS. The van der Waals surface area contributed by atoms with E-state index in [1.165, 1.54) is 29.9 Å². The van der Waals surface area contributed by atoms with Crippen LogP contribution in [0.3, 0.4) is 0 Å². The van der Waals surface area contributed by atoms with E-state index in [-0.39, 0.29) is 17.6 Å². The van der Waals surface area contributed by atoms with Crippen LogP contribution < -0.4 is 5.32 Å². The van der Waals surface area contributed by atoms with Gasteiger partial charge in [-0.15, -0.1) is 10.2 Å². The molecule has 1 aromatic carbocycles. The summed E-state index contributed by atoms with van der Waals surface area (Å²) in [6.07, 6.45) is 5.33. The minimum atomic E-state index is -0.310. The molecular weight excluding hydrogens is 289 g/mol. The number of hydrogen-bond acceptors (Lipinski definition) is 4. The number of rotatable bonds is 3. The number of benzene rings is 1. The third-order valence-electron chi connectivity index (χ3n) is 3.70. The smallest absolute Gasteiger partial charge is 0.229 e. The highest BCUT2D eigenvalue weighted by molar-refractivity contribution is 7.18. The molecule has 1 aliphatic rings. The van der Waals surface area contributed by atoms with Crippen molar-refractivity contribution in [1.29, 1.82) is 0 Å². The highest BCUT2D eigenvalue weighted by Crippen LogP contribution is 2.29. The van der Waals surface area contributed by atoms with Crippen LogP contribution in [0.15, 0.2) is 24.3 Å². The highest BCUT2D eigenvalue weighted by Gasteiger charge is 2.22. The van der Waals surface area contributed by atoms with Crippen molar-refractivity contribution in [2.24, 2.45) is 5.92 Å². The normalized spacial score (nSPS) is 15.9. The van der Waals surface area contributed by atoms with Crippen LogP contribution in [0.2, 0.25) is 0 Å². The monoisotopic (exact) mass is 305 g/mol. The van der Waals surface area contributed by atoms with Crippen LogP contribution in [-0.2, 0) is 4.79 Å². The van der Waals surface area contributed by atoms with Gasteiger partial charge in [0.2, 0.25) is 11.0 Å². The van der Waals surface area contributed by atoms with Crippen molar-refractivity contribution < 1.29 is 9.18 Å². The molecule has 1 saturated carbocycles. The highest BCUT2D eigenvalue weighted by atomic mass is 32.1. The SMILES string of the molecule is O=C(Nc1nnc(-c2cccc(F)c2)s1)C1CCCCC1. The third-order valence-corrected chi connectivity index (χ3v) is 4.59. The zero-order chi connectivity index (χ0) is 14.7. The van der Waals surface area contributed by atoms with Gasteiger partial charge in [-0.25, -0.2) is 4.39 Å². The van der Waals surface area contributed by atoms with Gasteiger partial charge in [-0.1, -0.05) is 42.7 Å². The Hall–Kier alpha value is -1.82. The van der Waals surface area contributed by atoms with E-state index in [1.807, 2.05) is 0 Å². The second-order valence-electron chi connectivity index (χ2n) is 5.25. The summed E-state index contributed by atoms with van der Waals surface area (Å²) in [5, 5.41) is 11.9. The molecule has 110 valence electrons. The van der Waals surface area contributed by atoms with E-state index in [0.29, 0.717) is 15.7 Å². The Morgan fingerprint density at radius 2 is 2.05 bits per heavy atom. The van der Waals surface area contributed by atoms with Crippen molar-refractivity contribution in [1.82, 2.24) is 10.2 Å².